The van der Waals surface area contributed by atoms with Crippen molar-refractivity contribution in [1.82, 2.24) is 0 Å². The smallest absolute Gasteiger partial charge is 0.122 e. The molecule has 1 unspecified atom stereocenters. The van der Waals surface area contributed by atoms with Crippen molar-refractivity contribution in [1.29, 1.82) is 0 Å². The molecule has 0 aliphatic carbocycles. The average Bonchev–Trinajstić information content (AvgIpc) is 2.07. The summed E-state index contributed by atoms with van der Waals surface area (Å²) in [4.78, 5) is 0. The lowest BCUT2D eigenvalue weighted by Crippen LogP contribution is -2.07. The number of hydrogen-bond donors (Lipinski definition) is 0. The predicted octanol–water partition coefficient (Wildman–Crippen LogP) is 3.72. The lowest BCUT2D eigenvalue weighted by atomic mass is 9.97. The van der Waals surface area contributed by atoms with Gasteiger partial charge in [-0.15, -0.1) is 0 Å². The third kappa shape index (κ3) is 2.50. The maximum Gasteiger partial charge on any atom is 0.122 e. The van der Waals surface area contributed by atoms with Gasteiger partial charge in [-0.3, -0.25) is 0 Å². The minimum Gasteiger partial charge on any atom is -0.491 e. The highest BCUT2D eigenvalue weighted by molar-refractivity contribution is 5.41. The lowest BCUT2D eigenvalue weighted by molar-refractivity contribution is 0.240. The second-order valence-corrected chi connectivity index (χ2v) is 4.04. The van der Waals surface area contributed by atoms with Crippen molar-refractivity contribution >= 4 is 0 Å². The molecule has 1 radical (unpaired) electrons. The van der Waals surface area contributed by atoms with Crippen LogP contribution in [-0.2, 0) is 0 Å². The van der Waals surface area contributed by atoms with Gasteiger partial charge in [-0.05, 0) is 50.8 Å². The maximum atomic E-state index is 5.71. The summed E-state index contributed by atoms with van der Waals surface area (Å²) in [7, 11) is 0. The predicted molar refractivity (Wildman–Crippen MR) is 60.7 cm³/mol. The number of benzene rings is 1. The molecule has 77 valence electrons. The first kappa shape index (κ1) is 11.1. The van der Waals surface area contributed by atoms with E-state index in [2.05, 4.69) is 26.8 Å². The molecule has 1 heteroatoms. The van der Waals surface area contributed by atoms with Crippen LogP contribution in [0.15, 0.2) is 18.2 Å². The van der Waals surface area contributed by atoms with Crippen LogP contribution in [0.25, 0.3) is 0 Å². The van der Waals surface area contributed by atoms with E-state index < -0.39 is 0 Å². The van der Waals surface area contributed by atoms with Gasteiger partial charge in [0.1, 0.15) is 5.75 Å². The van der Waals surface area contributed by atoms with Crippen LogP contribution in [0, 0.1) is 13.8 Å². The van der Waals surface area contributed by atoms with E-state index in [1.807, 2.05) is 26.0 Å². The van der Waals surface area contributed by atoms with Crippen molar-refractivity contribution in [3.63, 3.8) is 0 Å². The topological polar surface area (TPSA) is 9.23 Å². The molecule has 0 fully saturated rings. The molecule has 0 N–H and O–H groups in total. The van der Waals surface area contributed by atoms with E-state index in [4.69, 9.17) is 4.74 Å². The highest BCUT2D eigenvalue weighted by Gasteiger charge is 2.08. The van der Waals surface area contributed by atoms with Gasteiger partial charge in [0, 0.05) is 0 Å². The van der Waals surface area contributed by atoms with Crippen LogP contribution in [0.4, 0.5) is 0 Å². The van der Waals surface area contributed by atoms with Gasteiger partial charge in [0.05, 0.1) is 6.10 Å². The molecule has 1 aromatic rings. The van der Waals surface area contributed by atoms with Crippen LogP contribution in [0.2, 0.25) is 0 Å². The Hall–Kier alpha value is -0.980. The largest absolute Gasteiger partial charge is 0.491 e. The fourth-order valence-electron chi connectivity index (χ4n) is 1.55. The normalized spacial score (nSPS) is 11.1. The quantitative estimate of drug-likeness (QED) is 0.707. The Morgan fingerprint density at radius 2 is 1.86 bits per heavy atom. The summed E-state index contributed by atoms with van der Waals surface area (Å²) in [6, 6.07) is 6.16. The minimum absolute atomic E-state index is 0.226. The summed E-state index contributed by atoms with van der Waals surface area (Å²) in [5, 5.41) is 0. The fraction of sp³-hybridized carbons (Fsp3) is 0.462. The molecule has 0 spiro atoms. The summed E-state index contributed by atoms with van der Waals surface area (Å²) >= 11 is 0. The summed E-state index contributed by atoms with van der Waals surface area (Å²) in [5.74, 6) is 1.29. The first-order valence-electron chi connectivity index (χ1n) is 5.11. The molecule has 0 bridgehead atoms. The Morgan fingerprint density at radius 3 is 2.36 bits per heavy atom. The molecule has 1 atom stereocenters. The molecule has 0 amide bonds. The third-order valence-corrected chi connectivity index (χ3v) is 2.22. The van der Waals surface area contributed by atoms with Gasteiger partial charge in [0.2, 0.25) is 0 Å². The Bertz CT molecular complexity index is 300. The van der Waals surface area contributed by atoms with Crippen LogP contribution < -0.4 is 4.74 Å². The Balaban J connectivity index is 3.01. The molecule has 0 aliphatic heterocycles. The fourth-order valence-corrected chi connectivity index (χ4v) is 1.55. The van der Waals surface area contributed by atoms with Crippen LogP contribution in [0.1, 0.15) is 37.8 Å². The first-order valence-corrected chi connectivity index (χ1v) is 5.11. The molecule has 0 saturated heterocycles. The molecule has 0 aliphatic rings. The molecule has 0 saturated carbocycles. The zero-order valence-electron chi connectivity index (χ0n) is 9.50. The van der Waals surface area contributed by atoms with E-state index in [0.717, 1.165) is 5.75 Å². The van der Waals surface area contributed by atoms with Gasteiger partial charge in [-0.1, -0.05) is 19.1 Å². The summed E-state index contributed by atoms with van der Waals surface area (Å²) in [6.45, 7) is 12.3. The summed E-state index contributed by atoms with van der Waals surface area (Å²) in [6.07, 6.45) is 0.226. The molecule has 14 heavy (non-hydrogen) atoms. The van der Waals surface area contributed by atoms with Crippen molar-refractivity contribution < 1.29 is 4.74 Å². The van der Waals surface area contributed by atoms with Crippen molar-refractivity contribution in [3.8, 4) is 5.75 Å². The second-order valence-electron chi connectivity index (χ2n) is 4.04. The van der Waals surface area contributed by atoms with Gasteiger partial charge in [-0.25, -0.2) is 0 Å². The lowest BCUT2D eigenvalue weighted by Gasteiger charge is -2.16. The van der Waals surface area contributed by atoms with Crippen LogP contribution in [0.5, 0.6) is 5.75 Å². The SMILES string of the molecule is [CH2]C(C)c1cccc(OC(C)C)c1C. The number of ether oxygens (including phenoxy) is 1. The zero-order chi connectivity index (χ0) is 10.7. The molecule has 1 rings (SSSR count). The van der Waals surface area contributed by atoms with Crippen molar-refractivity contribution in [2.75, 3.05) is 0 Å². The third-order valence-electron chi connectivity index (χ3n) is 2.22. The molecular formula is C13H19O. The molecular weight excluding hydrogens is 172 g/mol. The standard InChI is InChI=1S/C13H19O/c1-9(2)12-7-6-8-13(11(12)5)14-10(3)4/h6-10H,1H2,2-5H3. The second kappa shape index (κ2) is 4.50. The van der Waals surface area contributed by atoms with Crippen molar-refractivity contribution in [2.45, 2.75) is 39.7 Å². The molecule has 1 nitrogen and oxygen atoms in total. The van der Waals surface area contributed by atoms with Gasteiger partial charge in [0.25, 0.3) is 0 Å². The highest BCUT2D eigenvalue weighted by Crippen LogP contribution is 2.27. The average molecular weight is 191 g/mol. The van der Waals surface area contributed by atoms with E-state index in [1.54, 1.807) is 0 Å². The summed E-state index contributed by atoms with van der Waals surface area (Å²) in [5.41, 5.74) is 2.48. The highest BCUT2D eigenvalue weighted by atomic mass is 16.5. The minimum atomic E-state index is 0.226. The van der Waals surface area contributed by atoms with Gasteiger partial charge < -0.3 is 4.74 Å². The Morgan fingerprint density at radius 1 is 1.21 bits per heavy atom. The number of hydrogen-bond acceptors (Lipinski definition) is 1. The summed E-state index contributed by atoms with van der Waals surface area (Å²) < 4.78 is 5.71. The van der Waals surface area contributed by atoms with Gasteiger partial charge in [-0.2, -0.15) is 0 Å². The van der Waals surface area contributed by atoms with E-state index in [-0.39, 0.29) is 6.10 Å². The van der Waals surface area contributed by atoms with Crippen LogP contribution in [0.3, 0.4) is 0 Å². The molecule has 0 aromatic heterocycles. The van der Waals surface area contributed by atoms with E-state index in [0.29, 0.717) is 5.92 Å². The Kier molecular flexibility index (Phi) is 3.56. The number of rotatable bonds is 3. The van der Waals surface area contributed by atoms with E-state index >= 15 is 0 Å². The molecule has 1 aromatic carbocycles. The van der Waals surface area contributed by atoms with Crippen molar-refractivity contribution in [3.05, 3.63) is 36.2 Å². The maximum absolute atomic E-state index is 5.71. The van der Waals surface area contributed by atoms with Gasteiger partial charge >= 0.3 is 0 Å². The van der Waals surface area contributed by atoms with Crippen molar-refractivity contribution in [2.24, 2.45) is 0 Å². The Labute approximate surface area is 87.1 Å². The van der Waals surface area contributed by atoms with Crippen LogP contribution >= 0.6 is 0 Å². The molecule has 0 heterocycles. The van der Waals surface area contributed by atoms with E-state index in [1.165, 1.54) is 11.1 Å². The van der Waals surface area contributed by atoms with Crippen LogP contribution in [-0.4, -0.2) is 6.10 Å². The van der Waals surface area contributed by atoms with E-state index in [9.17, 15) is 0 Å². The monoisotopic (exact) mass is 191 g/mol. The first-order chi connectivity index (χ1) is 6.52. The van der Waals surface area contributed by atoms with Gasteiger partial charge in [0.15, 0.2) is 0 Å². The zero-order valence-corrected chi connectivity index (χ0v) is 9.50.